The zero-order chi connectivity index (χ0) is 26.5. The van der Waals surface area contributed by atoms with E-state index in [1.54, 1.807) is 27.7 Å². The summed E-state index contributed by atoms with van der Waals surface area (Å²) in [5, 5.41) is 21.6. The number of carbonyl (C=O) groups excluding carboxylic acids is 2. The van der Waals surface area contributed by atoms with E-state index in [2.05, 4.69) is 11.1 Å². The number of aromatic nitrogens is 1. The first-order valence-corrected chi connectivity index (χ1v) is 12.6. The topological polar surface area (TPSA) is 110 Å². The highest BCUT2D eigenvalue weighted by molar-refractivity contribution is 5.88. The molecule has 1 aromatic rings. The standard InChI is InChI=1S/C28H43NO6/c1-16-10-9-11-17(2)26(32)19(4)27(33)28(7,8)24(30)15-25(31)35-23(13-12-16)18(3)14-22-20(5)34-21(6)29-22/h12,14,17,19,23-24,26,30,32H,9-11,13,15H2,1-8H3/t17-,19+,23-,24-,26-/m0/s1. The van der Waals surface area contributed by atoms with Crippen LogP contribution >= 0.6 is 0 Å². The molecule has 0 radical (unpaired) electrons. The normalized spacial score (nSPS) is 30.1. The number of nitrogens with zero attached hydrogens (tertiary/aromatic N) is 1. The van der Waals surface area contributed by atoms with Crippen LogP contribution in [-0.2, 0) is 14.3 Å². The van der Waals surface area contributed by atoms with Gasteiger partial charge in [-0.15, -0.1) is 0 Å². The van der Waals surface area contributed by atoms with Gasteiger partial charge in [-0.25, -0.2) is 4.98 Å². The van der Waals surface area contributed by atoms with E-state index in [0.717, 1.165) is 24.8 Å². The lowest BCUT2D eigenvalue weighted by atomic mass is 9.73. The minimum absolute atomic E-state index is 0.0559. The lowest BCUT2D eigenvalue weighted by Crippen LogP contribution is -2.45. The van der Waals surface area contributed by atoms with Gasteiger partial charge >= 0.3 is 5.97 Å². The van der Waals surface area contributed by atoms with Crippen LogP contribution in [0, 0.1) is 31.1 Å². The van der Waals surface area contributed by atoms with E-state index in [4.69, 9.17) is 9.15 Å². The molecule has 2 heterocycles. The number of hydrogen-bond acceptors (Lipinski definition) is 7. The van der Waals surface area contributed by atoms with Crippen LogP contribution in [0.1, 0.15) is 91.0 Å². The summed E-state index contributed by atoms with van der Waals surface area (Å²) in [6.07, 6.45) is 4.06. The number of ketones is 1. The monoisotopic (exact) mass is 489 g/mol. The minimum atomic E-state index is -1.23. The number of Topliss-reactive ketones (excluding diaryl/α,β-unsaturated/α-hetero) is 1. The predicted molar refractivity (Wildman–Crippen MR) is 135 cm³/mol. The molecule has 2 rings (SSSR count). The maximum absolute atomic E-state index is 13.2. The van der Waals surface area contributed by atoms with Crippen LogP contribution in [0.25, 0.3) is 6.08 Å². The van der Waals surface area contributed by atoms with Crippen LogP contribution in [-0.4, -0.2) is 45.3 Å². The van der Waals surface area contributed by atoms with Crippen molar-refractivity contribution in [3.63, 3.8) is 0 Å². The number of hydrogen-bond donors (Lipinski definition) is 2. The molecule has 0 spiro atoms. The number of esters is 1. The van der Waals surface area contributed by atoms with Crippen LogP contribution in [0.5, 0.6) is 0 Å². The molecule has 0 saturated heterocycles. The first kappa shape index (κ1) is 29.0. The van der Waals surface area contributed by atoms with E-state index in [0.29, 0.717) is 23.8 Å². The van der Waals surface area contributed by atoms with Gasteiger partial charge in [0.25, 0.3) is 0 Å². The number of oxazole rings is 1. The molecule has 5 atom stereocenters. The highest BCUT2D eigenvalue weighted by Gasteiger charge is 2.42. The van der Waals surface area contributed by atoms with Crippen molar-refractivity contribution in [1.82, 2.24) is 4.98 Å². The van der Waals surface area contributed by atoms with Crippen molar-refractivity contribution in [2.24, 2.45) is 17.3 Å². The molecule has 0 unspecified atom stereocenters. The first-order chi connectivity index (χ1) is 16.2. The summed E-state index contributed by atoms with van der Waals surface area (Å²) >= 11 is 0. The highest BCUT2D eigenvalue weighted by atomic mass is 16.5. The Morgan fingerprint density at radius 3 is 2.43 bits per heavy atom. The Morgan fingerprint density at radius 1 is 1.17 bits per heavy atom. The largest absolute Gasteiger partial charge is 0.457 e. The fraction of sp³-hybridized carbons (Fsp3) is 0.679. The van der Waals surface area contributed by atoms with E-state index in [1.165, 1.54) is 5.57 Å². The predicted octanol–water partition coefficient (Wildman–Crippen LogP) is 5.11. The van der Waals surface area contributed by atoms with Crippen molar-refractivity contribution in [3.05, 3.63) is 34.6 Å². The van der Waals surface area contributed by atoms with Gasteiger partial charge in [0.15, 0.2) is 5.89 Å². The summed E-state index contributed by atoms with van der Waals surface area (Å²) in [7, 11) is 0. The summed E-state index contributed by atoms with van der Waals surface area (Å²) in [6.45, 7) is 14.4. The van der Waals surface area contributed by atoms with Crippen LogP contribution in [0.4, 0.5) is 0 Å². The van der Waals surface area contributed by atoms with Crippen molar-refractivity contribution in [2.45, 2.75) is 106 Å². The Kier molecular flexibility index (Phi) is 10.0. The second kappa shape index (κ2) is 12.1. The molecule has 7 heteroatoms. The molecule has 2 N–H and O–H groups in total. The van der Waals surface area contributed by atoms with Crippen molar-refractivity contribution in [1.29, 1.82) is 0 Å². The Hall–Kier alpha value is -2.25. The van der Waals surface area contributed by atoms with E-state index in [1.807, 2.05) is 33.8 Å². The lowest BCUT2D eigenvalue weighted by Gasteiger charge is -2.34. The molecule has 196 valence electrons. The first-order valence-electron chi connectivity index (χ1n) is 12.6. The second-order valence-electron chi connectivity index (χ2n) is 10.8. The molecule has 1 aliphatic heterocycles. The average molecular weight is 490 g/mol. The number of aliphatic hydroxyl groups excluding tert-OH is 2. The molecule has 7 nitrogen and oxygen atoms in total. The van der Waals surface area contributed by atoms with E-state index < -0.39 is 35.6 Å². The molecule has 0 bridgehead atoms. The van der Waals surface area contributed by atoms with Crippen molar-refractivity contribution >= 4 is 17.8 Å². The summed E-state index contributed by atoms with van der Waals surface area (Å²) < 4.78 is 11.3. The molecule has 0 fully saturated rings. The summed E-state index contributed by atoms with van der Waals surface area (Å²) in [5.74, 6) is -0.291. The van der Waals surface area contributed by atoms with Gasteiger partial charge in [-0.05, 0) is 57.6 Å². The maximum Gasteiger partial charge on any atom is 0.309 e. The number of allylic oxidation sites excluding steroid dienone is 1. The van der Waals surface area contributed by atoms with Gasteiger partial charge in [0, 0.05) is 19.3 Å². The van der Waals surface area contributed by atoms with Crippen LogP contribution < -0.4 is 0 Å². The van der Waals surface area contributed by atoms with Gasteiger partial charge in [0.2, 0.25) is 0 Å². The van der Waals surface area contributed by atoms with Crippen molar-refractivity contribution in [2.75, 3.05) is 0 Å². The fourth-order valence-corrected chi connectivity index (χ4v) is 4.62. The zero-order valence-electron chi connectivity index (χ0n) is 22.6. The SMILES string of the molecule is CC1=CC[C@@H](C(C)=Cc2nc(C)oc2C)OC(=O)C[C@H](O)C(C)(C)C(=O)[C@H](C)[C@@H](O)[C@@H](C)CCC1. The molecular formula is C28H43NO6. The molecule has 0 amide bonds. The van der Waals surface area contributed by atoms with Gasteiger partial charge in [0.05, 0.1) is 24.0 Å². The maximum atomic E-state index is 13.2. The van der Waals surface area contributed by atoms with Crippen LogP contribution in [0.15, 0.2) is 21.6 Å². The van der Waals surface area contributed by atoms with Crippen molar-refractivity contribution < 1.29 is 29.0 Å². The summed E-state index contributed by atoms with van der Waals surface area (Å²) in [6, 6.07) is 0. The van der Waals surface area contributed by atoms with Crippen LogP contribution in [0.3, 0.4) is 0 Å². The van der Waals surface area contributed by atoms with Gasteiger partial charge in [-0.2, -0.15) is 0 Å². The van der Waals surface area contributed by atoms with Gasteiger partial charge in [-0.3, -0.25) is 9.59 Å². The molecule has 0 aliphatic carbocycles. The third-order valence-corrected chi connectivity index (χ3v) is 7.33. The lowest BCUT2D eigenvalue weighted by molar-refractivity contribution is -0.154. The zero-order valence-corrected chi connectivity index (χ0v) is 22.6. The van der Waals surface area contributed by atoms with Crippen molar-refractivity contribution in [3.8, 4) is 0 Å². The number of rotatable bonds is 2. The molecule has 0 aromatic carbocycles. The third-order valence-electron chi connectivity index (χ3n) is 7.33. The Morgan fingerprint density at radius 2 is 1.83 bits per heavy atom. The molecular weight excluding hydrogens is 446 g/mol. The van der Waals surface area contributed by atoms with E-state index in [9.17, 15) is 19.8 Å². The molecule has 0 saturated carbocycles. The Balaban J connectivity index is 2.36. The molecule has 35 heavy (non-hydrogen) atoms. The second-order valence-corrected chi connectivity index (χ2v) is 10.8. The van der Waals surface area contributed by atoms with Gasteiger partial charge < -0.3 is 19.4 Å². The number of cyclic esters (lactones) is 1. The fourth-order valence-electron chi connectivity index (χ4n) is 4.62. The highest BCUT2D eigenvalue weighted by Crippen LogP contribution is 2.32. The van der Waals surface area contributed by atoms with Gasteiger partial charge in [-0.1, -0.05) is 39.3 Å². The smallest absolute Gasteiger partial charge is 0.309 e. The minimum Gasteiger partial charge on any atom is -0.457 e. The third kappa shape index (κ3) is 7.61. The molecule has 1 aromatic heterocycles. The Bertz CT molecular complexity index is 957. The summed E-state index contributed by atoms with van der Waals surface area (Å²) in [4.78, 5) is 30.4. The number of carbonyl (C=O) groups is 2. The van der Waals surface area contributed by atoms with Crippen LogP contribution in [0.2, 0.25) is 0 Å². The average Bonchev–Trinajstić information content (AvgIpc) is 3.10. The van der Waals surface area contributed by atoms with E-state index in [-0.39, 0.29) is 18.1 Å². The van der Waals surface area contributed by atoms with Gasteiger partial charge in [0.1, 0.15) is 23.3 Å². The number of aliphatic hydroxyl groups is 2. The quantitative estimate of drug-likeness (QED) is 0.439. The Labute approximate surface area is 209 Å². The summed E-state index contributed by atoms with van der Waals surface area (Å²) in [5.41, 5.74) is 1.47. The number of aryl methyl sites for hydroxylation is 2. The van der Waals surface area contributed by atoms with E-state index >= 15 is 0 Å². The molecule has 1 aliphatic rings. The number of ether oxygens (including phenoxy) is 1.